The fraction of sp³-hybridized carbons (Fsp3) is 0.611. The molecule has 5 heteroatoms. The molecule has 128 valence electrons. The third-order valence-electron chi connectivity index (χ3n) is 4.63. The standard InChI is InChI=1S/C18H28N2O3/c1-16(2,3)23-15(21)20-12-7-8-13(14(9-12)22-6)18(11-19)10-17(18,4)5/h7-9H,10-11,19H2,1-6H3,(H,20,21). The second kappa shape index (κ2) is 5.71. The van der Waals surface area contributed by atoms with Crippen molar-refractivity contribution in [3.8, 4) is 5.75 Å². The molecule has 3 N–H and O–H groups in total. The van der Waals surface area contributed by atoms with E-state index < -0.39 is 11.7 Å². The monoisotopic (exact) mass is 320 g/mol. The molecule has 0 bridgehead atoms. The number of methoxy groups -OCH3 is 1. The van der Waals surface area contributed by atoms with Crippen molar-refractivity contribution >= 4 is 11.8 Å². The van der Waals surface area contributed by atoms with Gasteiger partial charge in [-0.15, -0.1) is 0 Å². The Morgan fingerprint density at radius 3 is 2.39 bits per heavy atom. The number of rotatable bonds is 4. The molecule has 1 atom stereocenters. The molecule has 2 rings (SSSR count). The van der Waals surface area contributed by atoms with Gasteiger partial charge in [-0.3, -0.25) is 5.32 Å². The van der Waals surface area contributed by atoms with E-state index in [4.69, 9.17) is 15.2 Å². The third-order valence-corrected chi connectivity index (χ3v) is 4.63. The molecule has 23 heavy (non-hydrogen) atoms. The minimum atomic E-state index is -0.532. The highest BCUT2D eigenvalue weighted by molar-refractivity contribution is 5.85. The van der Waals surface area contributed by atoms with Gasteiger partial charge in [0.1, 0.15) is 11.4 Å². The van der Waals surface area contributed by atoms with Gasteiger partial charge in [0.05, 0.1) is 7.11 Å². The summed E-state index contributed by atoms with van der Waals surface area (Å²) < 4.78 is 10.8. The molecule has 0 spiro atoms. The summed E-state index contributed by atoms with van der Waals surface area (Å²) in [6, 6.07) is 5.69. The van der Waals surface area contributed by atoms with Crippen LogP contribution in [-0.2, 0) is 10.2 Å². The van der Waals surface area contributed by atoms with Gasteiger partial charge in [0, 0.05) is 29.3 Å². The van der Waals surface area contributed by atoms with Gasteiger partial charge in [-0.1, -0.05) is 19.9 Å². The molecule has 0 heterocycles. The predicted octanol–water partition coefficient (Wildman–Crippen LogP) is 3.67. The summed E-state index contributed by atoms with van der Waals surface area (Å²) in [6.07, 6.45) is 0.554. The van der Waals surface area contributed by atoms with Crippen molar-refractivity contribution in [2.45, 2.75) is 52.1 Å². The van der Waals surface area contributed by atoms with Gasteiger partial charge in [0.2, 0.25) is 0 Å². The van der Waals surface area contributed by atoms with E-state index in [1.54, 1.807) is 7.11 Å². The smallest absolute Gasteiger partial charge is 0.412 e. The summed E-state index contributed by atoms with van der Waals surface area (Å²) >= 11 is 0. The number of nitrogens with one attached hydrogen (secondary N) is 1. The summed E-state index contributed by atoms with van der Waals surface area (Å²) in [5, 5.41) is 2.74. The Kier molecular flexibility index (Phi) is 4.37. The maximum absolute atomic E-state index is 11.9. The topological polar surface area (TPSA) is 73.6 Å². The second-order valence-electron chi connectivity index (χ2n) is 7.89. The lowest BCUT2D eigenvalue weighted by atomic mass is 9.87. The van der Waals surface area contributed by atoms with E-state index in [1.165, 1.54) is 0 Å². The molecule has 1 aromatic rings. The lowest BCUT2D eigenvalue weighted by molar-refractivity contribution is 0.0636. The zero-order valence-electron chi connectivity index (χ0n) is 14.9. The lowest BCUT2D eigenvalue weighted by Crippen LogP contribution is -2.27. The number of amides is 1. The molecule has 1 amide bonds. The van der Waals surface area contributed by atoms with E-state index in [0.29, 0.717) is 12.2 Å². The van der Waals surface area contributed by atoms with E-state index in [9.17, 15) is 4.79 Å². The molecule has 1 aromatic carbocycles. The number of hydrogen-bond donors (Lipinski definition) is 2. The number of hydrogen-bond acceptors (Lipinski definition) is 4. The molecular weight excluding hydrogens is 292 g/mol. The van der Waals surface area contributed by atoms with Gasteiger partial charge in [-0.2, -0.15) is 0 Å². The Bertz CT molecular complexity index is 605. The van der Waals surface area contributed by atoms with Gasteiger partial charge in [-0.05, 0) is 38.7 Å². The number of carbonyl (C=O) groups excluding carboxylic acids is 1. The molecule has 1 aliphatic rings. The van der Waals surface area contributed by atoms with Crippen LogP contribution in [0.15, 0.2) is 18.2 Å². The number of ether oxygens (including phenoxy) is 2. The van der Waals surface area contributed by atoms with Crippen LogP contribution in [0.2, 0.25) is 0 Å². The molecule has 1 saturated carbocycles. The highest BCUT2D eigenvalue weighted by Gasteiger charge is 2.62. The van der Waals surface area contributed by atoms with Crippen LogP contribution in [0.3, 0.4) is 0 Å². The van der Waals surface area contributed by atoms with E-state index in [-0.39, 0.29) is 10.8 Å². The quantitative estimate of drug-likeness (QED) is 0.887. The summed E-state index contributed by atoms with van der Waals surface area (Å²) in [7, 11) is 1.63. The number of nitrogens with two attached hydrogens (primary N) is 1. The maximum atomic E-state index is 11.9. The van der Waals surface area contributed by atoms with E-state index >= 15 is 0 Å². The SMILES string of the molecule is COc1cc(NC(=O)OC(C)(C)C)ccc1C1(CN)CC1(C)C. The average molecular weight is 320 g/mol. The van der Waals surface area contributed by atoms with Crippen LogP contribution in [0.1, 0.15) is 46.6 Å². The van der Waals surface area contributed by atoms with Crippen LogP contribution in [0.25, 0.3) is 0 Å². The fourth-order valence-electron chi connectivity index (χ4n) is 3.21. The Balaban J connectivity index is 2.23. The van der Waals surface area contributed by atoms with E-state index in [1.807, 2.05) is 39.0 Å². The molecule has 0 aromatic heterocycles. The van der Waals surface area contributed by atoms with Gasteiger partial charge in [0.15, 0.2) is 0 Å². The Morgan fingerprint density at radius 1 is 1.35 bits per heavy atom. The first-order valence-corrected chi connectivity index (χ1v) is 7.93. The first-order chi connectivity index (χ1) is 10.5. The molecule has 5 nitrogen and oxygen atoms in total. The second-order valence-corrected chi connectivity index (χ2v) is 7.89. The van der Waals surface area contributed by atoms with Crippen LogP contribution < -0.4 is 15.8 Å². The first-order valence-electron chi connectivity index (χ1n) is 7.93. The van der Waals surface area contributed by atoms with Crippen molar-refractivity contribution in [2.24, 2.45) is 11.1 Å². The van der Waals surface area contributed by atoms with Crippen molar-refractivity contribution in [3.05, 3.63) is 23.8 Å². The highest BCUT2D eigenvalue weighted by Crippen LogP contribution is 2.65. The minimum absolute atomic E-state index is 0.0528. The van der Waals surface area contributed by atoms with E-state index in [2.05, 4.69) is 19.2 Å². The van der Waals surface area contributed by atoms with Crippen molar-refractivity contribution in [1.82, 2.24) is 0 Å². The average Bonchev–Trinajstić information content (AvgIpc) is 2.99. The van der Waals surface area contributed by atoms with Gasteiger partial charge in [-0.25, -0.2) is 4.79 Å². The van der Waals surface area contributed by atoms with Crippen LogP contribution >= 0.6 is 0 Å². The number of carbonyl (C=O) groups is 1. The summed E-state index contributed by atoms with van der Waals surface area (Å²) in [5.74, 6) is 0.745. The van der Waals surface area contributed by atoms with Gasteiger partial charge < -0.3 is 15.2 Å². The van der Waals surface area contributed by atoms with Crippen LogP contribution in [0.4, 0.5) is 10.5 Å². The third kappa shape index (κ3) is 3.44. The number of benzene rings is 1. The van der Waals surface area contributed by atoms with Gasteiger partial charge in [0.25, 0.3) is 0 Å². The molecular formula is C18H28N2O3. The number of anilines is 1. The maximum Gasteiger partial charge on any atom is 0.412 e. The van der Waals surface area contributed by atoms with Crippen molar-refractivity contribution in [1.29, 1.82) is 0 Å². The zero-order chi connectivity index (χ0) is 17.5. The van der Waals surface area contributed by atoms with Crippen LogP contribution in [0, 0.1) is 5.41 Å². The van der Waals surface area contributed by atoms with Crippen molar-refractivity contribution in [2.75, 3.05) is 19.0 Å². The fourth-order valence-corrected chi connectivity index (χ4v) is 3.21. The lowest BCUT2D eigenvalue weighted by Gasteiger charge is -2.23. The summed E-state index contributed by atoms with van der Waals surface area (Å²) in [6.45, 7) is 10.5. The molecule has 1 aliphatic carbocycles. The molecule has 1 unspecified atom stereocenters. The summed E-state index contributed by atoms with van der Waals surface area (Å²) in [4.78, 5) is 11.9. The molecule has 0 aliphatic heterocycles. The first kappa shape index (κ1) is 17.6. The highest BCUT2D eigenvalue weighted by atomic mass is 16.6. The van der Waals surface area contributed by atoms with Crippen LogP contribution in [0.5, 0.6) is 5.75 Å². The zero-order valence-corrected chi connectivity index (χ0v) is 14.9. The Labute approximate surface area is 138 Å². The van der Waals surface area contributed by atoms with Crippen molar-refractivity contribution < 1.29 is 14.3 Å². The summed E-state index contributed by atoms with van der Waals surface area (Å²) in [5.41, 5.74) is 7.36. The largest absolute Gasteiger partial charge is 0.496 e. The normalized spacial score (nSPS) is 22.4. The Morgan fingerprint density at radius 2 is 1.96 bits per heavy atom. The van der Waals surface area contributed by atoms with Crippen molar-refractivity contribution in [3.63, 3.8) is 0 Å². The molecule has 0 saturated heterocycles. The van der Waals surface area contributed by atoms with Crippen LogP contribution in [-0.4, -0.2) is 25.3 Å². The van der Waals surface area contributed by atoms with E-state index in [0.717, 1.165) is 17.7 Å². The molecule has 1 fully saturated rings. The minimum Gasteiger partial charge on any atom is -0.496 e. The molecule has 0 radical (unpaired) electrons. The predicted molar refractivity (Wildman–Crippen MR) is 92.0 cm³/mol. The van der Waals surface area contributed by atoms with Gasteiger partial charge >= 0.3 is 6.09 Å². The Hall–Kier alpha value is -1.75.